The molecule has 1 amide bonds. The minimum atomic E-state index is -0.309. The van der Waals surface area contributed by atoms with Gasteiger partial charge in [-0.05, 0) is 30.8 Å². The summed E-state index contributed by atoms with van der Waals surface area (Å²) in [4.78, 5) is 16.5. The average Bonchev–Trinajstić information content (AvgIpc) is 3.08. The van der Waals surface area contributed by atoms with Gasteiger partial charge in [0.15, 0.2) is 0 Å². The van der Waals surface area contributed by atoms with Crippen LogP contribution in [-0.2, 0) is 17.9 Å². The Hall–Kier alpha value is -2.48. The summed E-state index contributed by atoms with van der Waals surface area (Å²) in [6.07, 6.45) is 1.70. The Morgan fingerprint density at radius 1 is 1.20 bits per heavy atom. The number of hydrogen-bond acceptors (Lipinski definition) is 5. The lowest BCUT2D eigenvalue weighted by Crippen LogP contribution is -2.49. The summed E-state index contributed by atoms with van der Waals surface area (Å²) in [6, 6.07) is 5.78. The molecule has 1 aromatic heterocycles. The van der Waals surface area contributed by atoms with Crippen molar-refractivity contribution in [2.45, 2.75) is 20.1 Å². The van der Waals surface area contributed by atoms with Gasteiger partial charge >= 0.3 is 0 Å². The molecule has 0 saturated carbocycles. The van der Waals surface area contributed by atoms with Crippen molar-refractivity contribution >= 4 is 5.91 Å². The van der Waals surface area contributed by atoms with Gasteiger partial charge in [-0.2, -0.15) is 0 Å². The highest BCUT2D eigenvalue weighted by Gasteiger charge is 2.20. The van der Waals surface area contributed by atoms with Crippen LogP contribution in [-0.4, -0.2) is 63.4 Å². The van der Waals surface area contributed by atoms with E-state index in [0.717, 1.165) is 32.7 Å². The van der Waals surface area contributed by atoms with E-state index in [1.54, 1.807) is 18.3 Å². The number of aromatic nitrogens is 3. The zero-order valence-corrected chi connectivity index (χ0v) is 14.3. The Labute approximate surface area is 146 Å². The Morgan fingerprint density at radius 2 is 1.92 bits per heavy atom. The second-order valence-corrected chi connectivity index (χ2v) is 5.97. The van der Waals surface area contributed by atoms with E-state index in [9.17, 15) is 9.18 Å². The molecular weight excluding hydrogens is 325 g/mol. The zero-order valence-electron chi connectivity index (χ0n) is 14.3. The highest BCUT2D eigenvalue weighted by molar-refractivity contribution is 5.76. The molecule has 0 radical (unpaired) electrons. The summed E-state index contributed by atoms with van der Waals surface area (Å²) >= 11 is 0. The number of rotatable bonds is 6. The average molecular weight is 347 g/mol. The molecule has 0 bridgehead atoms. The van der Waals surface area contributed by atoms with Gasteiger partial charge in [0.25, 0.3) is 0 Å². The molecule has 1 aromatic carbocycles. The predicted octanol–water partition coefficient (Wildman–Crippen LogP) is 1.16. The van der Waals surface area contributed by atoms with Crippen LogP contribution in [0.5, 0.6) is 5.75 Å². The van der Waals surface area contributed by atoms with Crippen molar-refractivity contribution < 1.29 is 13.9 Å². The second-order valence-electron chi connectivity index (χ2n) is 5.97. The molecule has 0 atom stereocenters. The Bertz CT molecular complexity index is 695. The first-order valence-electron chi connectivity index (χ1n) is 8.41. The molecule has 134 valence electrons. The fourth-order valence-corrected chi connectivity index (χ4v) is 2.72. The maximum atomic E-state index is 12.9. The molecule has 0 unspecified atom stereocenters. The SMILES string of the molecule is CCN1CCN(C(=O)Cn2cc(COc3ccc(F)cc3)nn2)CC1. The first-order valence-corrected chi connectivity index (χ1v) is 8.41. The van der Waals surface area contributed by atoms with E-state index >= 15 is 0 Å². The molecule has 1 fully saturated rings. The number of piperazine rings is 1. The Kier molecular flexibility index (Phi) is 5.60. The number of carbonyl (C=O) groups excluding carboxylic acids is 1. The number of amides is 1. The number of benzene rings is 1. The molecule has 0 aliphatic carbocycles. The number of carbonyl (C=O) groups is 1. The molecule has 7 nitrogen and oxygen atoms in total. The summed E-state index contributed by atoms with van der Waals surface area (Å²) in [5.74, 6) is 0.295. The molecule has 2 aromatic rings. The maximum absolute atomic E-state index is 12.9. The van der Waals surface area contributed by atoms with E-state index in [1.807, 2.05) is 4.90 Å². The fraction of sp³-hybridized carbons (Fsp3) is 0.471. The monoisotopic (exact) mass is 347 g/mol. The molecule has 1 aliphatic rings. The van der Waals surface area contributed by atoms with Crippen LogP contribution in [0.3, 0.4) is 0 Å². The second kappa shape index (κ2) is 8.06. The molecule has 0 spiro atoms. The third-order valence-electron chi connectivity index (χ3n) is 4.26. The topological polar surface area (TPSA) is 63.5 Å². The van der Waals surface area contributed by atoms with E-state index in [1.165, 1.54) is 16.8 Å². The van der Waals surface area contributed by atoms with E-state index in [-0.39, 0.29) is 24.9 Å². The molecule has 8 heteroatoms. The highest BCUT2D eigenvalue weighted by atomic mass is 19.1. The first kappa shape index (κ1) is 17.3. The molecule has 0 N–H and O–H groups in total. The maximum Gasteiger partial charge on any atom is 0.244 e. The van der Waals surface area contributed by atoms with Crippen LogP contribution in [0.1, 0.15) is 12.6 Å². The third kappa shape index (κ3) is 4.76. The fourth-order valence-electron chi connectivity index (χ4n) is 2.72. The highest BCUT2D eigenvalue weighted by Crippen LogP contribution is 2.12. The van der Waals surface area contributed by atoms with E-state index in [0.29, 0.717) is 11.4 Å². The van der Waals surface area contributed by atoms with Crippen molar-refractivity contribution in [3.63, 3.8) is 0 Å². The lowest BCUT2D eigenvalue weighted by molar-refractivity contribution is -0.133. The lowest BCUT2D eigenvalue weighted by Gasteiger charge is -2.33. The quantitative estimate of drug-likeness (QED) is 0.785. The van der Waals surface area contributed by atoms with Gasteiger partial charge in [-0.3, -0.25) is 4.79 Å². The molecule has 3 rings (SSSR count). The standard InChI is InChI=1S/C17H22FN5O2/c1-2-21-7-9-22(10-8-21)17(24)12-23-11-15(19-20-23)13-25-16-5-3-14(18)4-6-16/h3-6,11H,2,7-10,12-13H2,1H3. The minimum absolute atomic E-state index is 0.0478. The van der Waals surface area contributed by atoms with Crippen molar-refractivity contribution in [3.8, 4) is 5.75 Å². The van der Waals surface area contributed by atoms with Crippen LogP contribution in [0, 0.1) is 5.82 Å². The number of nitrogens with zero attached hydrogens (tertiary/aromatic N) is 5. The number of ether oxygens (including phenoxy) is 1. The summed E-state index contributed by atoms with van der Waals surface area (Å²) in [6.45, 7) is 6.87. The summed E-state index contributed by atoms with van der Waals surface area (Å²) in [5, 5.41) is 7.98. The number of hydrogen-bond donors (Lipinski definition) is 0. The lowest BCUT2D eigenvalue weighted by atomic mass is 10.3. The Morgan fingerprint density at radius 3 is 2.60 bits per heavy atom. The van der Waals surface area contributed by atoms with Gasteiger partial charge < -0.3 is 14.5 Å². The Balaban J connectivity index is 1.48. The number of likely N-dealkylation sites (N-methyl/N-ethyl adjacent to an activating group) is 1. The molecule has 1 saturated heterocycles. The molecule has 1 aliphatic heterocycles. The van der Waals surface area contributed by atoms with E-state index in [4.69, 9.17) is 4.74 Å². The van der Waals surface area contributed by atoms with Crippen molar-refractivity contribution in [2.24, 2.45) is 0 Å². The third-order valence-corrected chi connectivity index (χ3v) is 4.26. The van der Waals surface area contributed by atoms with E-state index in [2.05, 4.69) is 22.1 Å². The van der Waals surface area contributed by atoms with Crippen molar-refractivity contribution in [1.82, 2.24) is 24.8 Å². The summed E-state index contributed by atoms with van der Waals surface area (Å²) in [7, 11) is 0. The van der Waals surface area contributed by atoms with Gasteiger partial charge in [-0.25, -0.2) is 9.07 Å². The van der Waals surface area contributed by atoms with Crippen LogP contribution in [0.2, 0.25) is 0 Å². The van der Waals surface area contributed by atoms with Gasteiger partial charge in [0.05, 0.1) is 6.20 Å². The van der Waals surface area contributed by atoms with Crippen molar-refractivity contribution in [2.75, 3.05) is 32.7 Å². The smallest absolute Gasteiger partial charge is 0.244 e. The van der Waals surface area contributed by atoms with Crippen LogP contribution in [0.4, 0.5) is 4.39 Å². The predicted molar refractivity (Wildman–Crippen MR) is 89.4 cm³/mol. The van der Waals surface area contributed by atoms with E-state index < -0.39 is 0 Å². The largest absolute Gasteiger partial charge is 0.487 e. The molecule has 25 heavy (non-hydrogen) atoms. The number of halogens is 1. The zero-order chi connectivity index (χ0) is 17.6. The summed E-state index contributed by atoms with van der Waals surface area (Å²) in [5.41, 5.74) is 0.618. The van der Waals surface area contributed by atoms with Gasteiger partial charge in [-0.1, -0.05) is 12.1 Å². The van der Waals surface area contributed by atoms with Crippen molar-refractivity contribution in [1.29, 1.82) is 0 Å². The summed E-state index contributed by atoms with van der Waals surface area (Å²) < 4.78 is 19.9. The normalized spacial score (nSPS) is 15.4. The van der Waals surface area contributed by atoms with Crippen LogP contribution < -0.4 is 4.74 Å². The van der Waals surface area contributed by atoms with Crippen LogP contribution >= 0.6 is 0 Å². The molecule has 2 heterocycles. The van der Waals surface area contributed by atoms with Gasteiger partial charge in [0, 0.05) is 26.2 Å². The van der Waals surface area contributed by atoms with Gasteiger partial charge in [0.1, 0.15) is 30.4 Å². The van der Waals surface area contributed by atoms with Crippen molar-refractivity contribution in [3.05, 3.63) is 42.0 Å². The van der Waals surface area contributed by atoms with Crippen LogP contribution in [0.15, 0.2) is 30.5 Å². The minimum Gasteiger partial charge on any atom is -0.487 e. The van der Waals surface area contributed by atoms with Gasteiger partial charge in [0.2, 0.25) is 5.91 Å². The molecular formula is C17H22FN5O2. The van der Waals surface area contributed by atoms with Gasteiger partial charge in [-0.15, -0.1) is 5.10 Å². The first-order chi connectivity index (χ1) is 12.1. The van der Waals surface area contributed by atoms with Crippen LogP contribution in [0.25, 0.3) is 0 Å².